The van der Waals surface area contributed by atoms with Gasteiger partial charge in [0.1, 0.15) is 12.2 Å². The first-order chi connectivity index (χ1) is 10.1. The number of hydrogen-bond acceptors (Lipinski definition) is 5. The van der Waals surface area contributed by atoms with Crippen molar-refractivity contribution >= 4 is 17.8 Å². The van der Waals surface area contributed by atoms with E-state index < -0.39 is 5.97 Å². The second-order valence-electron chi connectivity index (χ2n) is 5.22. The van der Waals surface area contributed by atoms with Crippen LogP contribution in [0.2, 0.25) is 0 Å². The van der Waals surface area contributed by atoms with Gasteiger partial charge < -0.3 is 5.11 Å². The van der Waals surface area contributed by atoms with Crippen LogP contribution in [-0.2, 0) is 27.5 Å². The van der Waals surface area contributed by atoms with E-state index in [0.717, 1.165) is 4.68 Å². The largest absolute Gasteiger partial charge is 0.480 e. The highest BCUT2D eigenvalue weighted by Gasteiger charge is 2.47. The zero-order chi connectivity index (χ0) is 15.0. The van der Waals surface area contributed by atoms with Gasteiger partial charge in [-0.1, -0.05) is 17.4 Å². The molecule has 110 valence electrons. The standard InChI is InChI=1S/C13H14N4O4/c18-11(19)7-16-5-8(14-15-16)6-17-12(20)9-3-1-2-4-10(9)13(17)21/h1-2,5,9-10H,3-4,6-7H2,(H,18,19)/t9-,10+. The zero-order valence-corrected chi connectivity index (χ0v) is 11.2. The number of amides is 2. The average Bonchev–Trinajstić information content (AvgIpc) is 2.98. The van der Waals surface area contributed by atoms with Crippen LogP contribution in [0, 0.1) is 11.8 Å². The third-order valence-corrected chi connectivity index (χ3v) is 3.80. The van der Waals surface area contributed by atoms with E-state index in [4.69, 9.17) is 5.11 Å². The van der Waals surface area contributed by atoms with Gasteiger partial charge in [-0.15, -0.1) is 5.10 Å². The number of carbonyl (C=O) groups is 3. The Balaban J connectivity index is 1.73. The Kier molecular flexibility index (Phi) is 3.28. The van der Waals surface area contributed by atoms with Crippen LogP contribution >= 0.6 is 0 Å². The Labute approximate surface area is 120 Å². The Morgan fingerprint density at radius 2 is 1.86 bits per heavy atom. The first kappa shape index (κ1) is 13.5. The van der Waals surface area contributed by atoms with Crippen LogP contribution in [0.3, 0.4) is 0 Å². The molecule has 0 unspecified atom stereocenters. The molecule has 1 aromatic heterocycles. The van der Waals surface area contributed by atoms with E-state index in [0.29, 0.717) is 18.5 Å². The number of carbonyl (C=O) groups excluding carboxylic acids is 2. The highest BCUT2D eigenvalue weighted by Crippen LogP contribution is 2.35. The number of carboxylic acid groups (broad SMARTS) is 1. The second kappa shape index (κ2) is 5.12. The molecule has 1 aliphatic heterocycles. The summed E-state index contributed by atoms with van der Waals surface area (Å²) in [6.07, 6.45) is 6.49. The van der Waals surface area contributed by atoms with Gasteiger partial charge in [0.05, 0.1) is 24.6 Å². The molecule has 1 fully saturated rings. The van der Waals surface area contributed by atoms with Crippen LogP contribution < -0.4 is 0 Å². The van der Waals surface area contributed by atoms with E-state index >= 15 is 0 Å². The summed E-state index contributed by atoms with van der Waals surface area (Å²) < 4.78 is 1.16. The quantitative estimate of drug-likeness (QED) is 0.609. The smallest absolute Gasteiger partial charge is 0.325 e. The van der Waals surface area contributed by atoms with Gasteiger partial charge in [0.15, 0.2) is 0 Å². The Hall–Kier alpha value is -2.51. The van der Waals surface area contributed by atoms with Crippen LogP contribution in [0.15, 0.2) is 18.3 Å². The summed E-state index contributed by atoms with van der Waals surface area (Å²) in [5.41, 5.74) is 0.407. The fourth-order valence-electron chi connectivity index (χ4n) is 2.81. The summed E-state index contributed by atoms with van der Waals surface area (Å²) in [7, 11) is 0. The van der Waals surface area contributed by atoms with E-state index in [1.807, 2.05) is 12.2 Å². The lowest BCUT2D eigenvalue weighted by Crippen LogP contribution is -2.30. The average molecular weight is 290 g/mol. The molecule has 8 heteroatoms. The normalized spacial score (nSPS) is 24.5. The number of hydrogen-bond donors (Lipinski definition) is 1. The Morgan fingerprint density at radius 3 is 2.43 bits per heavy atom. The number of rotatable bonds is 4. The highest BCUT2D eigenvalue weighted by atomic mass is 16.4. The molecule has 2 amide bonds. The van der Waals surface area contributed by atoms with Gasteiger partial charge in [-0.05, 0) is 12.8 Å². The topological polar surface area (TPSA) is 105 Å². The van der Waals surface area contributed by atoms with E-state index in [9.17, 15) is 14.4 Å². The molecule has 21 heavy (non-hydrogen) atoms. The maximum atomic E-state index is 12.3. The number of fused-ring (bicyclic) bond motifs is 1. The minimum atomic E-state index is -1.03. The van der Waals surface area contributed by atoms with E-state index in [2.05, 4.69) is 10.3 Å². The maximum absolute atomic E-state index is 12.3. The van der Waals surface area contributed by atoms with Crippen LogP contribution in [0.4, 0.5) is 0 Å². The first-order valence-corrected chi connectivity index (χ1v) is 6.67. The van der Waals surface area contributed by atoms with Gasteiger partial charge in [-0.25, -0.2) is 4.68 Å². The van der Waals surface area contributed by atoms with Gasteiger partial charge in [0.2, 0.25) is 11.8 Å². The van der Waals surface area contributed by atoms with Crippen LogP contribution in [0.5, 0.6) is 0 Å². The minimum absolute atomic E-state index is 0.0459. The van der Waals surface area contributed by atoms with Gasteiger partial charge in [-0.2, -0.15) is 0 Å². The summed E-state index contributed by atoms with van der Waals surface area (Å²) in [5.74, 6) is -1.92. The van der Waals surface area contributed by atoms with Gasteiger partial charge in [-0.3, -0.25) is 19.3 Å². The van der Waals surface area contributed by atoms with E-state index in [1.165, 1.54) is 11.1 Å². The Morgan fingerprint density at radius 1 is 1.24 bits per heavy atom. The monoisotopic (exact) mass is 290 g/mol. The Bertz CT molecular complexity index is 610. The second-order valence-corrected chi connectivity index (χ2v) is 5.22. The van der Waals surface area contributed by atoms with Crippen molar-refractivity contribution < 1.29 is 19.5 Å². The fraction of sp³-hybridized carbons (Fsp3) is 0.462. The zero-order valence-electron chi connectivity index (χ0n) is 11.2. The van der Waals surface area contributed by atoms with Crippen LogP contribution in [0.25, 0.3) is 0 Å². The van der Waals surface area contributed by atoms with E-state index in [1.54, 1.807) is 0 Å². The molecule has 0 saturated carbocycles. The summed E-state index contributed by atoms with van der Waals surface area (Å²) >= 11 is 0. The summed E-state index contributed by atoms with van der Waals surface area (Å²) in [6.45, 7) is -0.256. The molecule has 3 rings (SSSR count). The summed E-state index contributed by atoms with van der Waals surface area (Å²) in [5, 5.41) is 16.1. The number of carboxylic acids is 1. The molecule has 2 atom stereocenters. The number of aliphatic carboxylic acids is 1. The summed E-state index contributed by atoms with van der Waals surface area (Å²) in [4.78, 5) is 36.3. The molecule has 2 aliphatic rings. The maximum Gasteiger partial charge on any atom is 0.325 e. The van der Waals surface area contributed by atoms with Crippen molar-refractivity contribution in [3.8, 4) is 0 Å². The highest BCUT2D eigenvalue weighted by molar-refractivity contribution is 6.05. The molecule has 1 aliphatic carbocycles. The first-order valence-electron chi connectivity index (χ1n) is 6.67. The van der Waals surface area contributed by atoms with Gasteiger partial charge >= 0.3 is 5.97 Å². The molecule has 0 aromatic carbocycles. The minimum Gasteiger partial charge on any atom is -0.480 e. The molecule has 8 nitrogen and oxygen atoms in total. The molecule has 0 radical (unpaired) electrons. The van der Waals surface area contributed by atoms with Crippen molar-refractivity contribution in [1.29, 1.82) is 0 Å². The van der Waals surface area contributed by atoms with Gasteiger partial charge in [0.25, 0.3) is 0 Å². The molecular formula is C13H14N4O4. The third-order valence-electron chi connectivity index (χ3n) is 3.80. The van der Waals surface area contributed by atoms with Crippen molar-refractivity contribution in [3.05, 3.63) is 24.0 Å². The molecule has 0 bridgehead atoms. The van der Waals surface area contributed by atoms with Crippen molar-refractivity contribution in [1.82, 2.24) is 19.9 Å². The SMILES string of the molecule is O=C(O)Cn1cc(CN2C(=O)[C@H]3CC=CC[C@H]3C2=O)nn1. The predicted octanol–water partition coefficient (Wildman–Crippen LogP) is -0.186. The van der Waals surface area contributed by atoms with Crippen LogP contribution in [0.1, 0.15) is 18.5 Å². The van der Waals surface area contributed by atoms with Crippen molar-refractivity contribution in [2.75, 3.05) is 0 Å². The molecule has 0 spiro atoms. The molecular weight excluding hydrogens is 276 g/mol. The van der Waals surface area contributed by atoms with Gasteiger partial charge in [0, 0.05) is 0 Å². The lowest BCUT2D eigenvalue weighted by Gasteiger charge is -2.14. The number of allylic oxidation sites excluding steroid dienone is 2. The lowest BCUT2D eigenvalue weighted by atomic mass is 9.85. The van der Waals surface area contributed by atoms with Crippen molar-refractivity contribution in [2.45, 2.75) is 25.9 Å². The summed E-state index contributed by atoms with van der Waals surface area (Å²) in [6, 6.07) is 0. The van der Waals surface area contributed by atoms with Crippen LogP contribution in [-0.4, -0.2) is 42.8 Å². The third kappa shape index (κ3) is 2.44. The number of imide groups is 1. The van der Waals surface area contributed by atoms with Crippen molar-refractivity contribution in [2.24, 2.45) is 11.8 Å². The molecule has 1 saturated heterocycles. The molecule has 2 heterocycles. The number of nitrogens with zero attached hydrogens (tertiary/aromatic N) is 4. The number of aromatic nitrogens is 3. The molecule has 1 N–H and O–H groups in total. The van der Waals surface area contributed by atoms with Crippen molar-refractivity contribution in [3.63, 3.8) is 0 Å². The lowest BCUT2D eigenvalue weighted by molar-refractivity contribution is -0.141. The molecule has 1 aromatic rings. The number of likely N-dealkylation sites (tertiary alicyclic amines) is 1. The van der Waals surface area contributed by atoms with E-state index in [-0.39, 0.29) is 36.7 Å². The predicted molar refractivity (Wildman–Crippen MR) is 68.6 cm³/mol. The fourth-order valence-corrected chi connectivity index (χ4v) is 2.81.